The van der Waals surface area contributed by atoms with Gasteiger partial charge in [-0.25, -0.2) is 13.2 Å². The Kier molecular flexibility index (Phi) is 7.64. The van der Waals surface area contributed by atoms with Crippen LogP contribution in [-0.2, 0) is 19.6 Å². The molecule has 166 valence electrons. The number of nitrogens with one attached hydrogen (secondary N) is 1. The number of hydrogen-bond acceptors (Lipinski definition) is 6. The molecule has 8 nitrogen and oxygen atoms in total. The maximum absolute atomic E-state index is 12.8. The Morgan fingerprint density at radius 1 is 1.03 bits per heavy atom. The number of carbonyl (C=O) groups excluding carboxylic acids is 2. The van der Waals surface area contributed by atoms with E-state index < -0.39 is 28.5 Å². The van der Waals surface area contributed by atoms with Crippen LogP contribution >= 0.6 is 0 Å². The van der Waals surface area contributed by atoms with Crippen LogP contribution < -0.4 is 10.1 Å². The number of benzene rings is 2. The van der Waals surface area contributed by atoms with Crippen molar-refractivity contribution in [3.05, 3.63) is 54.1 Å². The molecule has 1 aliphatic rings. The van der Waals surface area contributed by atoms with E-state index in [1.807, 2.05) is 0 Å². The average Bonchev–Trinajstić information content (AvgIpc) is 2.79. The molecule has 0 spiro atoms. The summed E-state index contributed by atoms with van der Waals surface area (Å²) in [5.74, 6) is -0.874. The predicted molar refractivity (Wildman–Crippen MR) is 116 cm³/mol. The normalized spacial score (nSPS) is 14.6. The van der Waals surface area contributed by atoms with Crippen molar-refractivity contribution >= 4 is 27.6 Å². The number of amides is 1. The number of piperidine rings is 1. The van der Waals surface area contributed by atoms with E-state index in [4.69, 9.17) is 9.47 Å². The quantitative estimate of drug-likeness (QED) is 0.626. The molecule has 0 saturated carbocycles. The zero-order valence-electron chi connectivity index (χ0n) is 17.4. The zero-order valence-corrected chi connectivity index (χ0v) is 18.2. The molecule has 1 heterocycles. The summed E-state index contributed by atoms with van der Waals surface area (Å²) in [7, 11) is -3.61. The minimum atomic E-state index is -3.61. The number of para-hydroxylation sites is 1. The van der Waals surface area contributed by atoms with Crippen molar-refractivity contribution in [3.8, 4) is 5.75 Å². The van der Waals surface area contributed by atoms with Gasteiger partial charge in [-0.1, -0.05) is 24.6 Å². The lowest BCUT2D eigenvalue weighted by Gasteiger charge is -2.26. The largest absolute Gasteiger partial charge is 0.493 e. The zero-order chi connectivity index (χ0) is 22.3. The van der Waals surface area contributed by atoms with Crippen LogP contribution in [-0.4, -0.2) is 50.9 Å². The smallest absolute Gasteiger partial charge is 0.342 e. The highest BCUT2D eigenvalue weighted by Crippen LogP contribution is 2.23. The van der Waals surface area contributed by atoms with Crippen molar-refractivity contribution in [1.29, 1.82) is 0 Å². The number of nitrogens with zero attached hydrogens (tertiary/aromatic N) is 1. The van der Waals surface area contributed by atoms with Gasteiger partial charge in [0.05, 0.1) is 11.5 Å². The second-order valence-electron chi connectivity index (χ2n) is 7.05. The van der Waals surface area contributed by atoms with E-state index in [9.17, 15) is 18.0 Å². The van der Waals surface area contributed by atoms with Crippen LogP contribution in [0, 0.1) is 0 Å². The molecule has 31 heavy (non-hydrogen) atoms. The first kappa shape index (κ1) is 22.8. The van der Waals surface area contributed by atoms with Gasteiger partial charge in [0.1, 0.15) is 11.3 Å². The summed E-state index contributed by atoms with van der Waals surface area (Å²) in [6.45, 7) is 2.68. The van der Waals surface area contributed by atoms with Gasteiger partial charge in [0.25, 0.3) is 5.91 Å². The summed E-state index contributed by atoms with van der Waals surface area (Å²) in [6.07, 6.45) is 2.71. The lowest BCUT2D eigenvalue weighted by Crippen LogP contribution is -2.35. The molecule has 0 radical (unpaired) electrons. The molecular weight excluding hydrogens is 420 g/mol. The number of hydrogen-bond donors (Lipinski definition) is 1. The fourth-order valence-corrected chi connectivity index (χ4v) is 4.87. The van der Waals surface area contributed by atoms with Crippen LogP contribution in [0.5, 0.6) is 5.75 Å². The molecule has 0 unspecified atom stereocenters. The Balaban J connectivity index is 1.61. The summed E-state index contributed by atoms with van der Waals surface area (Å²) in [5.41, 5.74) is 0.542. The van der Waals surface area contributed by atoms with Gasteiger partial charge >= 0.3 is 5.97 Å². The van der Waals surface area contributed by atoms with Gasteiger partial charge in [-0.3, -0.25) is 4.79 Å². The third-order valence-corrected chi connectivity index (χ3v) is 6.71. The average molecular weight is 447 g/mol. The monoisotopic (exact) mass is 446 g/mol. The molecule has 1 N–H and O–H groups in total. The van der Waals surface area contributed by atoms with Crippen LogP contribution in [0.3, 0.4) is 0 Å². The fraction of sp³-hybridized carbons (Fsp3) is 0.364. The summed E-state index contributed by atoms with van der Waals surface area (Å²) >= 11 is 0. The molecule has 0 atom stereocenters. The lowest BCUT2D eigenvalue weighted by atomic mass is 10.2. The predicted octanol–water partition coefficient (Wildman–Crippen LogP) is 3.06. The first-order valence-electron chi connectivity index (χ1n) is 10.2. The molecule has 0 bridgehead atoms. The number of carbonyl (C=O) groups is 2. The Morgan fingerprint density at radius 3 is 2.52 bits per heavy atom. The van der Waals surface area contributed by atoms with Gasteiger partial charge < -0.3 is 14.8 Å². The minimum Gasteiger partial charge on any atom is -0.493 e. The van der Waals surface area contributed by atoms with Crippen molar-refractivity contribution in [3.63, 3.8) is 0 Å². The van der Waals surface area contributed by atoms with Crippen LogP contribution in [0.2, 0.25) is 0 Å². The van der Waals surface area contributed by atoms with E-state index in [2.05, 4.69) is 5.32 Å². The molecule has 1 aliphatic heterocycles. The third kappa shape index (κ3) is 5.83. The van der Waals surface area contributed by atoms with Crippen LogP contribution in [0.25, 0.3) is 0 Å². The molecule has 9 heteroatoms. The van der Waals surface area contributed by atoms with Crippen molar-refractivity contribution < 1.29 is 27.5 Å². The van der Waals surface area contributed by atoms with Crippen molar-refractivity contribution in [2.24, 2.45) is 0 Å². The molecule has 3 rings (SSSR count). The van der Waals surface area contributed by atoms with E-state index in [1.54, 1.807) is 43.3 Å². The molecular formula is C22H26N2O6S. The maximum Gasteiger partial charge on any atom is 0.342 e. The topological polar surface area (TPSA) is 102 Å². The van der Waals surface area contributed by atoms with Gasteiger partial charge in [0.15, 0.2) is 6.61 Å². The van der Waals surface area contributed by atoms with Crippen LogP contribution in [0.15, 0.2) is 53.4 Å². The summed E-state index contributed by atoms with van der Waals surface area (Å²) < 4.78 is 37.6. The Morgan fingerprint density at radius 2 is 1.77 bits per heavy atom. The molecule has 2 aromatic carbocycles. The van der Waals surface area contributed by atoms with Crippen LogP contribution in [0.1, 0.15) is 36.5 Å². The van der Waals surface area contributed by atoms with E-state index in [0.29, 0.717) is 31.1 Å². The standard InChI is InChI=1S/C22H26N2O6S/c1-2-29-20-12-5-4-11-19(20)22(26)30-16-21(25)23-17-9-8-10-18(15-17)31(27,28)24-13-6-3-7-14-24/h4-5,8-12,15H,2-3,6-7,13-14,16H2,1H3,(H,23,25). The number of ether oxygens (including phenoxy) is 2. The SMILES string of the molecule is CCOc1ccccc1C(=O)OCC(=O)Nc1cccc(S(=O)(=O)N2CCCCC2)c1. The third-order valence-electron chi connectivity index (χ3n) is 4.81. The van der Waals surface area contributed by atoms with Crippen molar-refractivity contribution in [2.45, 2.75) is 31.1 Å². The maximum atomic E-state index is 12.8. The highest BCUT2D eigenvalue weighted by molar-refractivity contribution is 7.89. The van der Waals surface area contributed by atoms with Gasteiger partial charge in [-0.2, -0.15) is 4.31 Å². The molecule has 0 aromatic heterocycles. The first-order valence-corrected chi connectivity index (χ1v) is 11.6. The second-order valence-corrected chi connectivity index (χ2v) is 8.98. The highest BCUT2D eigenvalue weighted by Gasteiger charge is 2.26. The van der Waals surface area contributed by atoms with Gasteiger partial charge in [0.2, 0.25) is 10.0 Å². The summed E-state index contributed by atoms with van der Waals surface area (Å²) in [6, 6.07) is 12.7. The first-order chi connectivity index (χ1) is 14.9. The molecule has 1 saturated heterocycles. The Hall–Kier alpha value is -2.91. The van der Waals surface area contributed by atoms with Crippen molar-refractivity contribution in [1.82, 2.24) is 4.31 Å². The molecule has 2 aromatic rings. The fourth-order valence-electron chi connectivity index (χ4n) is 3.31. The van der Waals surface area contributed by atoms with Gasteiger partial charge in [-0.05, 0) is 50.1 Å². The second kappa shape index (κ2) is 10.4. The number of sulfonamides is 1. The lowest BCUT2D eigenvalue weighted by molar-refractivity contribution is -0.119. The molecule has 0 aliphatic carbocycles. The van der Waals surface area contributed by atoms with E-state index in [1.165, 1.54) is 16.4 Å². The van der Waals surface area contributed by atoms with E-state index in [0.717, 1.165) is 19.3 Å². The van der Waals surface area contributed by atoms with Gasteiger partial charge in [-0.15, -0.1) is 0 Å². The number of rotatable bonds is 8. The minimum absolute atomic E-state index is 0.120. The van der Waals surface area contributed by atoms with Gasteiger partial charge in [0, 0.05) is 18.8 Å². The highest BCUT2D eigenvalue weighted by atomic mass is 32.2. The Labute approximate surface area is 182 Å². The van der Waals surface area contributed by atoms with E-state index in [-0.39, 0.29) is 10.5 Å². The number of anilines is 1. The summed E-state index contributed by atoms with van der Waals surface area (Å²) in [4.78, 5) is 24.7. The van der Waals surface area contributed by atoms with Crippen molar-refractivity contribution in [2.75, 3.05) is 31.6 Å². The number of esters is 1. The Bertz CT molecular complexity index is 1030. The molecule has 1 fully saturated rings. The summed E-state index contributed by atoms with van der Waals surface area (Å²) in [5, 5.41) is 2.57. The van der Waals surface area contributed by atoms with E-state index >= 15 is 0 Å². The molecule has 1 amide bonds. The van der Waals surface area contributed by atoms with Crippen LogP contribution in [0.4, 0.5) is 5.69 Å².